The van der Waals surface area contributed by atoms with Gasteiger partial charge in [-0.3, -0.25) is 9.59 Å². The molecule has 3 heteroatoms. The number of Topliss-reactive ketones (excluding diaryl/α,β-unsaturated/α-hetero) is 1. The van der Waals surface area contributed by atoms with Crippen LogP contribution in [0.25, 0.3) is 0 Å². The highest BCUT2D eigenvalue weighted by molar-refractivity contribution is 7.96. The molecule has 0 aliphatic carbocycles. The van der Waals surface area contributed by atoms with Crippen LogP contribution in [0.3, 0.4) is 0 Å². The van der Waals surface area contributed by atoms with Crippen molar-refractivity contribution in [1.82, 2.24) is 0 Å². The summed E-state index contributed by atoms with van der Waals surface area (Å²) < 4.78 is 0. The number of carbonyl (C=O) groups is 2. The van der Waals surface area contributed by atoms with Gasteiger partial charge in [-0.05, 0) is 13.3 Å². The number of hydrogen-bond donors (Lipinski definition) is 1. The lowest BCUT2D eigenvalue weighted by Crippen LogP contribution is -2.17. The third-order valence-electron chi connectivity index (χ3n) is 1.37. The van der Waals surface area contributed by atoms with Crippen molar-refractivity contribution in [3.8, 4) is 0 Å². The van der Waals surface area contributed by atoms with Gasteiger partial charge in [0.2, 0.25) is 0 Å². The van der Waals surface area contributed by atoms with Gasteiger partial charge in [-0.1, -0.05) is 13.3 Å². The van der Waals surface area contributed by atoms with Gasteiger partial charge in [0.05, 0.1) is 5.92 Å². The lowest BCUT2D eigenvalue weighted by Gasteiger charge is -2.05. The molecule has 0 rings (SSSR count). The Balaban J connectivity index is 3.98. The van der Waals surface area contributed by atoms with Gasteiger partial charge >= 0.3 is 0 Å². The molecule has 0 aromatic rings. The van der Waals surface area contributed by atoms with Crippen molar-refractivity contribution in [3.63, 3.8) is 0 Å². The molecule has 0 aliphatic rings. The summed E-state index contributed by atoms with van der Waals surface area (Å²) in [6, 6.07) is 0. The van der Waals surface area contributed by atoms with Crippen molar-refractivity contribution >= 4 is 23.5 Å². The van der Waals surface area contributed by atoms with Crippen LogP contribution in [0.2, 0.25) is 0 Å². The van der Waals surface area contributed by atoms with Crippen molar-refractivity contribution in [2.45, 2.75) is 26.7 Å². The summed E-state index contributed by atoms with van der Waals surface area (Å²) in [6.07, 6.45) is 1.47. The molecule has 1 unspecified atom stereocenters. The molecule has 0 heterocycles. The quantitative estimate of drug-likeness (QED) is 0.499. The zero-order valence-corrected chi connectivity index (χ0v) is 7.15. The van der Waals surface area contributed by atoms with E-state index in [9.17, 15) is 9.59 Å². The average molecular weight is 160 g/mol. The number of ketones is 1. The van der Waals surface area contributed by atoms with E-state index >= 15 is 0 Å². The minimum atomic E-state index is -0.478. The molecular formula is C7H12O2S. The summed E-state index contributed by atoms with van der Waals surface area (Å²) in [5.41, 5.74) is 0. The van der Waals surface area contributed by atoms with Crippen LogP contribution in [0.4, 0.5) is 0 Å². The minimum absolute atomic E-state index is 0.0816. The standard InChI is InChI=1S/C7H12O2S/c1-3-4-6(5(2)8)7(9)10/h6H,3-4H2,1-2H3,(H,9,10). The molecule has 0 N–H and O–H groups in total. The lowest BCUT2D eigenvalue weighted by atomic mass is 10.0. The first-order valence-electron chi connectivity index (χ1n) is 3.32. The van der Waals surface area contributed by atoms with E-state index in [0.717, 1.165) is 6.42 Å². The number of rotatable bonds is 4. The molecule has 0 saturated carbocycles. The first kappa shape index (κ1) is 9.69. The highest BCUT2D eigenvalue weighted by Gasteiger charge is 2.18. The van der Waals surface area contributed by atoms with E-state index in [1.165, 1.54) is 6.92 Å². The molecule has 0 amide bonds. The SMILES string of the molecule is CCCC(C(C)=O)C(=O)S. The van der Waals surface area contributed by atoms with Gasteiger partial charge in [0.15, 0.2) is 5.12 Å². The molecule has 0 aromatic heterocycles. The highest BCUT2D eigenvalue weighted by atomic mass is 32.1. The zero-order chi connectivity index (χ0) is 8.15. The zero-order valence-electron chi connectivity index (χ0n) is 6.26. The Morgan fingerprint density at radius 2 is 2.00 bits per heavy atom. The molecule has 0 saturated heterocycles. The van der Waals surface area contributed by atoms with E-state index < -0.39 is 5.92 Å². The second kappa shape index (κ2) is 4.50. The summed E-state index contributed by atoms with van der Waals surface area (Å²) in [7, 11) is 0. The molecule has 0 aromatic carbocycles. The van der Waals surface area contributed by atoms with E-state index in [1.807, 2.05) is 6.92 Å². The van der Waals surface area contributed by atoms with Gasteiger partial charge in [-0.15, -0.1) is 12.6 Å². The largest absolute Gasteiger partial charge is 0.299 e. The van der Waals surface area contributed by atoms with E-state index in [4.69, 9.17) is 0 Å². The molecule has 0 radical (unpaired) electrons. The average Bonchev–Trinajstić information content (AvgIpc) is 1.81. The number of thiol groups is 1. The maximum atomic E-state index is 10.7. The van der Waals surface area contributed by atoms with E-state index in [-0.39, 0.29) is 10.9 Å². The molecule has 10 heavy (non-hydrogen) atoms. The third kappa shape index (κ3) is 3.01. The second-order valence-corrected chi connectivity index (χ2v) is 2.73. The predicted octanol–water partition coefficient (Wildman–Crippen LogP) is 1.45. The van der Waals surface area contributed by atoms with Crippen LogP contribution in [-0.2, 0) is 9.59 Å². The molecular weight excluding hydrogens is 148 g/mol. The van der Waals surface area contributed by atoms with Gasteiger partial charge in [-0.2, -0.15) is 0 Å². The maximum absolute atomic E-state index is 10.7. The highest BCUT2D eigenvalue weighted by Crippen LogP contribution is 2.10. The first-order valence-corrected chi connectivity index (χ1v) is 3.77. The van der Waals surface area contributed by atoms with Crippen LogP contribution < -0.4 is 0 Å². The monoisotopic (exact) mass is 160 g/mol. The molecule has 58 valence electrons. The fourth-order valence-corrected chi connectivity index (χ4v) is 1.10. The third-order valence-corrected chi connectivity index (χ3v) is 1.68. The molecule has 0 aliphatic heterocycles. The molecule has 2 nitrogen and oxygen atoms in total. The Morgan fingerprint density at radius 1 is 1.50 bits per heavy atom. The van der Waals surface area contributed by atoms with Crippen LogP contribution in [0.15, 0.2) is 0 Å². The number of hydrogen-bond acceptors (Lipinski definition) is 2. The Hall–Kier alpha value is -0.310. The lowest BCUT2D eigenvalue weighted by molar-refractivity contribution is -0.127. The fraction of sp³-hybridized carbons (Fsp3) is 0.714. The van der Waals surface area contributed by atoms with Crippen LogP contribution in [-0.4, -0.2) is 10.9 Å². The maximum Gasteiger partial charge on any atom is 0.196 e. The summed E-state index contributed by atoms with van der Waals surface area (Å²) >= 11 is 3.61. The molecule has 0 spiro atoms. The van der Waals surface area contributed by atoms with Gasteiger partial charge < -0.3 is 0 Å². The van der Waals surface area contributed by atoms with Gasteiger partial charge in [0.25, 0.3) is 0 Å². The summed E-state index contributed by atoms with van der Waals surface area (Å²) in [5, 5.41) is -0.311. The van der Waals surface area contributed by atoms with Crippen LogP contribution in [0.1, 0.15) is 26.7 Å². The van der Waals surface area contributed by atoms with Crippen LogP contribution >= 0.6 is 12.6 Å². The Bertz CT molecular complexity index is 129. The Labute approximate surface area is 66.4 Å². The molecule has 1 atom stereocenters. The van der Waals surface area contributed by atoms with E-state index in [0.29, 0.717) is 6.42 Å². The van der Waals surface area contributed by atoms with Crippen LogP contribution in [0, 0.1) is 5.92 Å². The molecule has 0 fully saturated rings. The van der Waals surface area contributed by atoms with Gasteiger partial charge in [0, 0.05) is 0 Å². The van der Waals surface area contributed by atoms with E-state index in [2.05, 4.69) is 12.6 Å². The van der Waals surface area contributed by atoms with Crippen molar-refractivity contribution in [3.05, 3.63) is 0 Å². The smallest absolute Gasteiger partial charge is 0.196 e. The van der Waals surface area contributed by atoms with E-state index in [1.54, 1.807) is 0 Å². The van der Waals surface area contributed by atoms with Crippen molar-refractivity contribution in [1.29, 1.82) is 0 Å². The Morgan fingerprint density at radius 3 is 2.10 bits per heavy atom. The first-order chi connectivity index (χ1) is 4.59. The summed E-state index contributed by atoms with van der Waals surface area (Å²) in [5.74, 6) is -0.560. The van der Waals surface area contributed by atoms with Gasteiger partial charge in [0.1, 0.15) is 5.78 Å². The van der Waals surface area contributed by atoms with Gasteiger partial charge in [-0.25, -0.2) is 0 Å². The predicted molar refractivity (Wildman–Crippen MR) is 43.1 cm³/mol. The van der Waals surface area contributed by atoms with Crippen LogP contribution in [0.5, 0.6) is 0 Å². The van der Waals surface area contributed by atoms with Crippen molar-refractivity contribution < 1.29 is 9.59 Å². The second-order valence-electron chi connectivity index (χ2n) is 2.29. The van der Waals surface area contributed by atoms with Crippen molar-refractivity contribution in [2.75, 3.05) is 0 Å². The summed E-state index contributed by atoms with van der Waals surface area (Å²) in [4.78, 5) is 21.3. The minimum Gasteiger partial charge on any atom is -0.299 e. The molecule has 0 bridgehead atoms. The van der Waals surface area contributed by atoms with Crippen molar-refractivity contribution in [2.24, 2.45) is 5.92 Å². The fourth-order valence-electron chi connectivity index (χ4n) is 0.789. The summed E-state index contributed by atoms with van der Waals surface area (Å²) in [6.45, 7) is 3.36. The topological polar surface area (TPSA) is 34.1 Å². The normalized spacial score (nSPS) is 12.7. The number of carbonyl (C=O) groups excluding carboxylic acids is 2. The Kier molecular flexibility index (Phi) is 4.36.